The van der Waals surface area contributed by atoms with Gasteiger partial charge in [0.15, 0.2) is 5.58 Å². The van der Waals surface area contributed by atoms with Gasteiger partial charge in [-0.05, 0) is 67.4 Å². The van der Waals surface area contributed by atoms with Crippen molar-refractivity contribution in [1.82, 2.24) is 4.98 Å². The van der Waals surface area contributed by atoms with E-state index in [1.54, 1.807) is 0 Å². The van der Waals surface area contributed by atoms with Gasteiger partial charge in [0, 0.05) is 27.8 Å². The highest BCUT2D eigenvalue weighted by Crippen LogP contribution is 2.27. The topological polar surface area (TPSA) is 84.2 Å². The van der Waals surface area contributed by atoms with E-state index in [0.717, 1.165) is 52.9 Å². The minimum Gasteiger partial charge on any atom is -0.436 e. The first-order valence-corrected chi connectivity index (χ1v) is 12.9. The van der Waals surface area contributed by atoms with Crippen LogP contribution in [0.2, 0.25) is 0 Å². The number of rotatable bonds is 7. The summed E-state index contributed by atoms with van der Waals surface area (Å²) in [6, 6.07) is 22.8. The van der Waals surface area contributed by atoms with Crippen molar-refractivity contribution in [1.29, 1.82) is 0 Å². The fraction of sp³-hybridized carbons (Fsp3) is 0.250. The number of thioether (sulfide) groups is 1. The number of hydrogen-bond acceptors (Lipinski definition) is 5. The highest BCUT2D eigenvalue weighted by Gasteiger charge is 2.21. The molecule has 1 heterocycles. The Balaban J connectivity index is 1.13. The van der Waals surface area contributed by atoms with E-state index in [-0.39, 0.29) is 23.5 Å². The lowest BCUT2D eigenvalue weighted by Crippen LogP contribution is -2.24. The van der Waals surface area contributed by atoms with Gasteiger partial charge in [0.2, 0.25) is 17.7 Å². The molecule has 7 heteroatoms. The molecule has 1 aliphatic carbocycles. The van der Waals surface area contributed by atoms with Crippen molar-refractivity contribution >= 4 is 46.1 Å². The molecule has 2 N–H and O–H groups in total. The summed E-state index contributed by atoms with van der Waals surface area (Å²) in [7, 11) is 0. The van der Waals surface area contributed by atoms with Crippen molar-refractivity contribution in [3.8, 4) is 11.5 Å². The predicted molar refractivity (Wildman–Crippen MR) is 140 cm³/mol. The Labute approximate surface area is 208 Å². The lowest BCUT2D eigenvalue weighted by atomic mass is 9.88. The van der Waals surface area contributed by atoms with E-state index >= 15 is 0 Å². The minimum absolute atomic E-state index is 0.0961. The summed E-state index contributed by atoms with van der Waals surface area (Å²) in [5.41, 5.74) is 3.90. The average molecular weight is 486 g/mol. The molecule has 0 bridgehead atoms. The third-order valence-electron chi connectivity index (χ3n) is 6.16. The van der Waals surface area contributed by atoms with Crippen molar-refractivity contribution in [3.05, 3.63) is 72.8 Å². The summed E-state index contributed by atoms with van der Waals surface area (Å²) in [6.45, 7) is 0. The number of nitrogens with zero attached hydrogens (tertiary/aromatic N) is 1. The summed E-state index contributed by atoms with van der Waals surface area (Å²) in [6.07, 6.45) is 5.41. The van der Waals surface area contributed by atoms with Crippen LogP contribution in [0.3, 0.4) is 0 Å². The maximum atomic E-state index is 12.5. The van der Waals surface area contributed by atoms with Gasteiger partial charge >= 0.3 is 0 Å². The van der Waals surface area contributed by atoms with Crippen LogP contribution in [0.4, 0.5) is 11.4 Å². The van der Waals surface area contributed by atoms with Gasteiger partial charge in [0.25, 0.3) is 0 Å². The van der Waals surface area contributed by atoms with Crippen LogP contribution in [0, 0.1) is 5.92 Å². The number of anilines is 2. The quantitative estimate of drug-likeness (QED) is 0.283. The summed E-state index contributed by atoms with van der Waals surface area (Å²) in [5.74, 6) is 0.939. The van der Waals surface area contributed by atoms with Crippen LogP contribution in [0.5, 0.6) is 0 Å². The molecule has 3 aromatic carbocycles. The van der Waals surface area contributed by atoms with Crippen LogP contribution in [0.25, 0.3) is 22.6 Å². The van der Waals surface area contributed by atoms with E-state index in [1.165, 1.54) is 18.2 Å². The van der Waals surface area contributed by atoms with Crippen molar-refractivity contribution in [2.45, 2.75) is 37.0 Å². The Morgan fingerprint density at radius 1 is 0.886 bits per heavy atom. The highest BCUT2D eigenvalue weighted by molar-refractivity contribution is 8.00. The molecule has 1 fully saturated rings. The molecule has 178 valence electrons. The largest absolute Gasteiger partial charge is 0.436 e. The van der Waals surface area contributed by atoms with E-state index in [4.69, 9.17) is 4.42 Å². The lowest BCUT2D eigenvalue weighted by molar-refractivity contribution is -0.120. The standard InChI is InChI=1S/C28H27N3O3S/c32-26(18-35-23-10-6-9-22(17-23)30-27(33)19-7-2-1-3-8-19)29-21-15-13-20(14-16-21)28-31-24-11-4-5-12-25(24)34-28/h4-6,9-17,19H,1-3,7-8,18H2,(H,29,32)(H,30,33). The molecule has 0 saturated heterocycles. The van der Waals surface area contributed by atoms with Gasteiger partial charge < -0.3 is 15.1 Å². The normalized spacial score (nSPS) is 14.1. The number of hydrogen-bond donors (Lipinski definition) is 2. The average Bonchev–Trinajstić information content (AvgIpc) is 3.33. The van der Waals surface area contributed by atoms with Crippen molar-refractivity contribution < 1.29 is 14.0 Å². The fourth-order valence-electron chi connectivity index (χ4n) is 4.31. The van der Waals surface area contributed by atoms with Gasteiger partial charge in [-0.2, -0.15) is 0 Å². The van der Waals surface area contributed by atoms with Crippen molar-refractivity contribution in [2.75, 3.05) is 16.4 Å². The van der Waals surface area contributed by atoms with Gasteiger partial charge in [-0.3, -0.25) is 9.59 Å². The molecule has 1 aliphatic rings. The summed E-state index contributed by atoms with van der Waals surface area (Å²) in [4.78, 5) is 30.5. The minimum atomic E-state index is -0.0961. The zero-order chi connectivity index (χ0) is 24.0. The first kappa shape index (κ1) is 23.2. The lowest BCUT2D eigenvalue weighted by Gasteiger charge is -2.20. The van der Waals surface area contributed by atoms with E-state index < -0.39 is 0 Å². The number of amides is 2. The first-order valence-electron chi connectivity index (χ1n) is 11.9. The van der Waals surface area contributed by atoms with Crippen LogP contribution in [0.1, 0.15) is 32.1 Å². The van der Waals surface area contributed by atoms with Gasteiger partial charge in [0.05, 0.1) is 5.75 Å². The number of aromatic nitrogens is 1. The number of carbonyl (C=O) groups is 2. The number of para-hydroxylation sites is 2. The predicted octanol–water partition coefficient (Wildman–Crippen LogP) is 6.74. The monoisotopic (exact) mass is 485 g/mol. The Morgan fingerprint density at radius 2 is 1.69 bits per heavy atom. The zero-order valence-electron chi connectivity index (χ0n) is 19.3. The summed E-state index contributed by atoms with van der Waals surface area (Å²) >= 11 is 1.44. The molecule has 1 aromatic heterocycles. The molecule has 0 spiro atoms. The molecule has 0 atom stereocenters. The molecule has 6 nitrogen and oxygen atoms in total. The molecule has 4 aromatic rings. The van der Waals surface area contributed by atoms with Crippen LogP contribution in [0.15, 0.2) is 82.1 Å². The molecule has 35 heavy (non-hydrogen) atoms. The van der Waals surface area contributed by atoms with E-state index in [0.29, 0.717) is 11.6 Å². The van der Waals surface area contributed by atoms with Crippen molar-refractivity contribution in [2.24, 2.45) is 5.92 Å². The van der Waals surface area contributed by atoms with E-state index in [2.05, 4.69) is 15.6 Å². The SMILES string of the molecule is O=C(CSc1cccc(NC(=O)C2CCCCC2)c1)Nc1ccc(-c2nc3ccccc3o2)cc1. The van der Waals surface area contributed by atoms with Crippen LogP contribution >= 0.6 is 11.8 Å². The van der Waals surface area contributed by atoms with Gasteiger partial charge in [-0.25, -0.2) is 4.98 Å². The second-order valence-electron chi connectivity index (χ2n) is 8.75. The third kappa shape index (κ3) is 5.92. The van der Waals surface area contributed by atoms with Gasteiger partial charge in [0.1, 0.15) is 5.52 Å². The third-order valence-corrected chi connectivity index (χ3v) is 7.15. The molecule has 0 aliphatic heterocycles. The molecule has 2 amide bonds. The Hall–Kier alpha value is -3.58. The summed E-state index contributed by atoms with van der Waals surface area (Å²) in [5, 5.41) is 5.97. The number of oxazole rings is 1. The second-order valence-corrected chi connectivity index (χ2v) is 9.80. The van der Waals surface area contributed by atoms with Gasteiger partial charge in [-0.1, -0.05) is 37.5 Å². The molecule has 1 saturated carbocycles. The fourth-order valence-corrected chi connectivity index (χ4v) is 5.07. The molecule has 0 unspecified atom stereocenters. The molecule has 5 rings (SSSR count). The van der Waals surface area contributed by atoms with Crippen LogP contribution in [-0.2, 0) is 9.59 Å². The zero-order valence-corrected chi connectivity index (χ0v) is 20.1. The molecular formula is C28H27N3O3S. The molecule has 0 radical (unpaired) electrons. The number of benzene rings is 3. The van der Waals surface area contributed by atoms with E-state index in [1.807, 2.05) is 72.8 Å². The highest BCUT2D eigenvalue weighted by atomic mass is 32.2. The van der Waals surface area contributed by atoms with Crippen molar-refractivity contribution in [3.63, 3.8) is 0 Å². The Kier molecular flexibility index (Phi) is 7.14. The summed E-state index contributed by atoms with van der Waals surface area (Å²) < 4.78 is 5.80. The maximum absolute atomic E-state index is 12.5. The Morgan fingerprint density at radius 3 is 2.49 bits per heavy atom. The maximum Gasteiger partial charge on any atom is 0.234 e. The second kappa shape index (κ2) is 10.8. The number of carbonyl (C=O) groups excluding carboxylic acids is 2. The van der Waals surface area contributed by atoms with E-state index in [9.17, 15) is 9.59 Å². The van der Waals surface area contributed by atoms with Gasteiger partial charge in [-0.15, -0.1) is 11.8 Å². The number of fused-ring (bicyclic) bond motifs is 1. The van der Waals surface area contributed by atoms with Crippen LogP contribution in [-0.4, -0.2) is 22.6 Å². The number of nitrogens with one attached hydrogen (secondary N) is 2. The Bertz CT molecular complexity index is 1290. The first-order chi connectivity index (χ1) is 17.1. The van der Waals surface area contributed by atoms with Crippen LogP contribution < -0.4 is 10.6 Å². The smallest absolute Gasteiger partial charge is 0.234 e. The molecular weight excluding hydrogens is 458 g/mol.